The molecule has 0 saturated heterocycles. The molecule has 1 aromatic heterocycles. The largest absolute Gasteiger partial charge is 0.479 e. The normalized spacial score (nSPS) is 12.0. The van der Waals surface area contributed by atoms with Gasteiger partial charge in [-0.05, 0) is 19.9 Å². The van der Waals surface area contributed by atoms with Gasteiger partial charge in [0, 0.05) is 24.9 Å². The standard InChI is InChI=1S/C15H14ClFN2O5/c1-7-4-13(20)19(15(23)18(7)3)11-6-12(9(16)5-10(11)17)24-8(2)14(21)22/h4-6,8H,1-3H3,(H,21,22). The van der Waals surface area contributed by atoms with E-state index >= 15 is 0 Å². The molecule has 0 saturated carbocycles. The van der Waals surface area contributed by atoms with Gasteiger partial charge in [-0.2, -0.15) is 0 Å². The molecule has 128 valence electrons. The van der Waals surface area contributed by atoms with Crippen LogP contribution in [0.4, 0.5) is 4.39 Å². The topological polar surface area (TPSA) is 90.5 Å². The fourth-order valence-electron chi connectivity index (χ4n) is 1.98. The molecule has 24 heavy (non-hydrogen) atoms. The van der Waals surface area contributed by atoms with Crippen LogP contribution in [0.1, 0.15) is 12.6 Å². The van der Waals surface area contributed by atoms with Crippen LogP contribution in [0.3, 0.4) is 0 Å². The van der Waals surface area contributed by atoms with Gasteiger partial charge in [0.05, 0.1) is 10.7 Å². The van der Waals surface area contributed by atoms with Crippen LogP contribution in [0.25, 0.3) is 5.69 Å². The first-order valence-corrected chi connectivity index (χ1v) is 7.20. The Hall–Kier alpha value is -2.61. The highest BCUT2D eigenvalue weighted by molar-refractivity contribution is 6.32. The van der Waals surface area contributed by atoms with Crippen LogP contribution in [0.2, 0.25) is 5.02 Å². The number of carboxylic acid groups (broad SMARTS) is 1. The van der Waals surface area contributed by atoms with Crippen molar-refractivity contribution in [3.63, 3.8) is 0 Å². The lowest BCUT2D eigenvalue weighted by Gasteiger charge is -2.15. The summed E-state index contributed by atoms with van der Waals surface area (Å²) in [6, 6.07) is 3.05. The van der Waals surface area contributed by atoms with Crippen molar-refractivity contribution in [3.05, 3.63) is 55.6 Å². The number of aryl methyl sites for hydroxylation is 1. The molecule has 0 aliphatic carbocycles. The molecule has 0 radical (unpaired) electrons. The number of aromatic nitrogens is 2. The molecule has 1 unspecified atom stereocenters. The van der Waals surface area contributed by atoms with E-state index in [4.69, 9.17) is 21.4 Å². The minimum atomic E-state index is -1.25. The number of benzene rings is 1. The Balaban J connectivity index is 2.69. The Bertz CT molecular complexity index is 935. The second-order valence-electron chi connectivity index (χ2n) is 5.13. The molecule has 1 atom stereocenters. The monoisotopic (exact) mass is 356 g/mol. The summed E-state index contributed by atoms with van der Waals surface area (Å²) in [6.45, 7) is 2.83. The van der Waals surface area contributed by atoms with Crippen LogP contribution < -0.4 is 16.0 Å². The second-order valence-corrected chi connectivity index (χ2v) is 5.54. The third kappa shape index (κ3) is 3.18. The number of carbonyl (C=O) groups is 1. The van der Waals surface area contributed by atoms with E-state index in [2.05, 4.69) is 0 Å². The van der Waals surface area contributed by atoms with E-state index in [1.807, 2.05) is 0 Å². The SMILES string of the molecule is Cc1cc(=O)n(-c2cc(OC(C)C(=O)O)c(Cl)cc2F)c(=O)n1C. The van der Waals surface area contributed by atoms with Gasteiger partial charge < -0.3 is 14.4 Å². The number of hydrogen-bond acceptors (Lipinski definition) is 4. The molecule has 0 bridgehead atoms. The molecular formula is C15H14ClFN2O5. The maximum absolute atomic E-state index is 14.2. The predicted octanol–water partition coefficient (Wildman–Crippen LogP) is 1.49. The highest BCUT2D eigenvalue weighted by Crippen LogP contribution is 2.29. The highest BCUT2D eigenvalue weighted by Gasteiger charge is 2.19. The lowest BCUT2D eigenvalue weighted by Crippen LogP contribution is -2.38. The minimum Gasteiger partial charge on any atom is -0.479 e. The van der Waals surface area contributed by atoms with Gasteiger partial charge in [-0.3, -0.25) is 4.79 Å². The van der Waals surface area contributed by atoms with E-state index in [1.165, 1.54) is 24.6 Å². The van der Waals surface area contributed by atoms with Crippen molar-refractivity contribution in [2.45, 2.75) is 20.0 Å². The van der Waals surface area contributed by atoms with Gasteiger partial charge in [-0.1, -0.05) is 11.6 Å². The van der Waals surface area contributed by atoms with Crippen molar-refractivity contribution in [1.82, 2.24) is 9.13 Å². The molecule has 2 rings (SSSR count). The van der Waals surface area contributed by atoms with Gasteiger partial charge >= 0.3 is 11.7 Å². The Kier molecular flexibility index (Phi) is 4.79. The summed E-state index contributed by atoms with van der Waals surface area (Å²) in [7, 11) is 1.44. The van der Waals surface area contributed by atoms with Crippen molar-refractivity contribution in [2.24, 2.45) is 7.05 Å². The zero-order valence-electron chi connectivity index (χ0n) is 13.0. The lowest BCUT2D eigenvalue weighted by molar-refractivity contribution is -0.144. The number of carboxylic acids is 1. The van der Waals surface area contributed by atoms with Crippen molar-refractivity contribution < 1.29 is 19.0 Å². The van der Waals surface area contributed by atoms with Crippen LogP contribution in [0.15, 0.2) is 27.8 Å². The molecular weight excluding hydrogens is 343 g/mol. The third-order valence-corrected chi connectivity index (χ3v) is 3.75. The van der Waals surface area contributed by atoms with E-state index in [0.29, 0.717) is 10.3 Å². The van der Waals surface area contributed by atoms with Gasteiger partial charge in [0.25, 0.3) is 5.56 Å². The van der Waals surface area contributed by atoms with E-state index in [1.54, 1.807) is 6.92 Å². The third-order valence-electron chi connectivity index (χ3n) is 3.45. The molecule has 0 spiro atoms. The molecule has 7 nitrogen and oxygen atoms in total. The number of aliphatic carboxylic acids is 1. The first-order chi connectivity index (χ1) is 11.1. The summed E-state index contributed by atoms with van der Waals surface area (Å²) < 4.78 is 21.2. The number of halogens is 2. The van der Waals surface area contributed by atoms with Gasteiger partial charge in [-0.15, -0.1) is 0 Å². The Morgan fingerprint density at radius 1 is 1.33 bits per heavy atom. The van der Waals surface area contributed by atoms with Crippen molar-refractivity contribution >= 4 is 17.6 Å². The molecule has 1 aromatic carbocycles. The number of nitrogens with zero attached hydrogens (tertiary/aromatic N) is 2. The number of hydrogen-bond donors (Lipinski definition) is 1. The smallest absolute Gasteiger partial charge is 0.344 e. The lowest BCUT2D eigenvalue weighted by atomic mass is 10.2. The average molecular weight is 357 g/mol. The summed E-state index contributed by atoms with van der Waals surface area (Å²) in [5, 5.41) is 8.70. The summed E-state index contributed by atoms with van der Waals surface area (Å²) in [5.41, 5.74) is -1.45. The van der Waals surface area contributed by atoms with E-state index in [0.717, 1.165) is 12.1 Å². The van der Waals surface area contributed by atoms with E-state index < -0.39 is 29.1 Å². The van der Waals surface area contributed by atoms with E-state index in [-0.39, 0.29) is 16.5 Å². The van der Waals surface area contributed by atoms with Crippen LogP contribution in [-0.2, 0) is 11.8 Å². The molecule has 0 amide bonds. The molecule has 0 aliphatic heterocycles. The molecule has 0 fully saturated rings. The fraction of sp³-hybridized carbons (Fsp3) is 0.267. The zero-order valence-corrected chi connectivity index (χ0v) is 13.8. The Labute approximate surface area is 140 Å². The van der Waals surface area contributed by atoms with Crippen molar-refractivity contribution in [2.75, 3.05) is 0 Å². The van der Waals surface area contributed by atoms with Crippen LogP contribution in [0.5, 0.6) is 5.75 Å². The molecule has 0 aliphatic rings. The quantitative estimate of drug-likeness (QED) is 0.896. The maximum atomic E-state index is 14.2. The second kappa shape index (κ2) is 6.48. The van der Waals surface area contributed by atoms with Crippen LogP contribution in [0, 0.1) is 12.7 Å². The molecule has 1 N–H and O–H groups in total. The van der Waals surface area contributed by atoms with Gasteiger partial charge in [0.1, 0.15) is 11.6 Å². The number of ether oxygens (including phenoxy) is 1. The average Bonchev–Trinajstić information content (AvgIpc) is 2.49. The fourth-order valence-corrected chi connectivity index (χ4v) is 2.17. The first kappa shape index (κ1) is 17.7. The van der Waals surface area contributed by atoms with Crippen molar-refractivity contribution in [3.8, 4) is 11.4 Å². The van der Waals surface area contributed by atoms with Gasteiger partial charge in [-0.25, -0.2) is 18.5 Å². The summed E-state index contributed by atoms with van der Waals surface area (Å²) in [4.78, 5) is 35.3. The maximum Gasteiger partial charge on any atom is 0.344 e. The summed E-state index contributed by atoms with van der Waals surface area (Å²) in [6.07, 6.45) is -1.25. The van der Waals surface area contributed by atoms with Crippen LogP contribution >= 0.6 is 11.6 Å². The minimum absolute atomic E-state index is 0.155. The van der Waals surface area contributed by atoms with Crippen molar-refractivity contribution in [1.29, 1.82) is 0 Å². The highest BCUT2D eigenvalue weighted by atomic mass is 35.5. The van der Waals surface area contributed by atoms with Gasteiger partial charge in [0.15, 0.2) is 6.10 Å². The predicted molar refractivity (Wildman–Crippen MR) is 84.7 cm³/mol. The van der Waals surface area contributed by atoms with E-state index in [9.17, 15) is 18.8 Å². The Morgan fingerprint density at radius 3 is 2.54 bits per heavy atom. The molecule has 1 heterocycles. The summed E-state index contributed by atoms with van der Waals surface area (Å²) in [5.74, 6) is -2.32. The number of rotatable bonds is 4. The molecule has 9 heteroatoms. The van der Waals surface area contributed by atoms with Crippen LogP contribution in [-0.4, -0.2) is 26.3 Å². The summed E-state index contributed by atoms with van der Waals surface area (Å²) >= 11 is 5.85. The zero-order chi connectivity index (χ0) is 18.2. The first-order valence-electron chi connectivity index (χ1n) is 6.82. The van der Waals surface area contributed by atoms with Gasteiger partial charge in [0.2, 0.25) is 0 Å². The Morgan fingerprint density at radius 2 is 1.96 bits per heavy atom. The molecule has 2 aromatic rings.